The van der Waals surface area contributed by atoms with Crippen LogP contribution in [-0.2, 0) is 5.41 Å². The molecule has 1 heterocycles. The van der Waals surface area contributed by atoms with E-state index in [1.54, 1.807) is 0 Å². The number of nitrogens with two attached hydrogens (primary N) is 1. The molecule has 0 bridgehead atoms. The lowest BCUT2D eigenvalue weighted by atomic mass is 9.96. The molecule has 1 aromatic rings. The first-order chi connectivity index (χ1) is 6.86. The molecule has 0 radical (unpaired) electrons. The van der Waals surface area contributed by atoms with Crippen molar-refractivity contribution < 1.29 is 0 Å². The largest absolute Gasteiger partial charge is 0.327 e. The molecule has 2 N–H and O–H groups in total. The monoisotopic (exact) mass is 227 g/mol. The fourth-order valence-corrected chi connectivity index (χ4v) is 2.22. The summed E-state index contributed by atoms with van der Waals surface area (Å²) in [7, 11) is 0. The number of aromatic nitrogens is 2. The zero-order valence-electron chi connectivity index (χ0n) is 10.2. The van der Waals surface area contributed by atoms with Crippen molar-refractivity contribution in [2.45, 2.75) is 58.4 Å². The second-order valence-corrected chi connectivity index (χ2v) is 5.85. The number of hydrogen-bond acceptors (Lipinski definition) is 4. The van der Waals surface area contributed by atoms with E-state index in [1.807, 2.05) is 0 Å². The van der Waals surface area contributed by atoms with Crippen LogP contribution in [0.4, 0.5) is 0 Å². The zero-order chi connectivity index (χ0) is 11.6. The third-order valence-corrected chi connectivity index (χ3v) is 3.53. The standard InChI is InChI=1S/C11H21N3S/c1-6-8(12)7(2)9-13-10(14-15-9)11(3,4)5/h7-8H,6,12H2,1-5H3. The van der Waals surface area contributed by atoms with Crippen LogP contribution in [-0.4, -0.2) is 15.4 Å². The predicted octanol–water partition coefficient (Wildman–Crippen LogP) is 2.68. The Balaban J connectivity index is 2.85. The molecule has 0 fully saturated rings. The average Bonchev–Trinajstić information content (AvgIpc) is 2.63. The van der Waals surface area contributed by atoms with Gasteiger partial charge in [-0.1, -0.05) is 34.6 Å². The lowest BCUT2D eigenvalue weighted by Gasteiger charge is -2.15. The molecule has 1 aromatic heterocycles. The first-order valence-corrected chi connectivity index (χ1v) is 6.23. The highest BCUT2D eigenvalue weighted by Crippen LogP contribution is 2.26. The van der Waals surface area contributed by atoms with Gasteiger partial charge in [0.25, 0.3) is 0 Å². The molecular weight excluding hydrogens is 206 g/mol. The number of rotatable bonds is 3. The molecule has 2 atom stereocenters. The maximum absolute atomic E-state index is 6.01. The summed E-state index contributed by atoms with van der Waals surface area (Å²) in [6.07, 6.45) is 0.978. The summed E-state index contributed by atoms with van der Waals surface area (Å²) in [6, 6.07) is 0.186. The van der Waals surface area contributed by atoms with Crippen molar-refractivity contribution in [3.63, 3.8) is 0 Å². The van der Waals surface area contributed by atoms with Gasteiger partial charge in [0.15, 0.2) is 0 Å². The second kappa shape index (κ2) is 4.58. The third kappa shape index (κ3) is 2.98. The van der Waals surface area contributed by atoms with E-state index in [2.05, 4.69) is 44.0 Å². The number of hydrogen-bond donors (Lipinski definition) is 1. The van der Waals surface area contributed by atoms with E-state index < -0.39 is 0 Å². The van der Waals surface area contributed by atoms with E-state index in [9.17, 15) is 0 Å². The first-order valence-electron chi connectivity index (χ1n) is 5.46. The first kappa shape index (κ1) is 12.6. The Kier molecular flexibility index (Phi) is 3.84. The fourth-order valence-electron chi connectivity index (χ4n) is 1.26. The van der Waals surface area contributed by atoms with E-state index in [1.165, 1.54) is 11.5 Å². The summed E-state index contributed by atoms with van der Waals surface area (Å²) < 4.78 is 4.40. The fraction of sp³-hybridized carbons (Fsp3) is 0.818. The molecule has 86 valence electrons. The van der Waals surface area contributed by atoms with Crippen molar-refractivity contribution in [1.29, 1.82) is 0 Å². The molecule has 0 aliphatic heterocycles. The van der Waals surface area contributed by atoms with Crippen molar-refractivity contribution in [2.24, 2.45) is 5.73 Å². The second-order valence-electron chi connectivity index (χ2n) is 5.07. The minimum absolute atomic E-state index is 0.0325. The maximum atomic E-state index is 6.01. The van der Waals surface area contributed by atoms with Crippen molar-refractivity contribution in [3.8, 4) is 0 Å². The lowest BCUT2D eigenvalue weighted by molar-refractivity contribution is 0.529. The minimum Gasteiger partial charge on any atom is -0.327 e. The quantitative estimate of drug-likeness (QED) is 0.863. The van der Waals surface area contributed by atoms with Gasteiger partial charge in [0.2, 0.25) is 0 Å². The molecule has 0 amide bonds. The van der Waals surface area contributed by atoms with Gasteiger partial charge in [-0.2, -0.15) is 4.37 Å². The van der Waals surface area contributed by atoms with Crippen LogP contribution in [0.25, 0.3) is 0 Å². The Labute approximate surface area is 96.3 Å². The highest BCUT2D eigenvalue weighted by molar-refractivity contribution is 7.05. The van der Waals surface area contributed by atoms with Gasteiger partial charge in [-0.25, -0.2) is 4.98 Å². The van der Waals surface area contributed by atoms with E-state index in [0.29, 0.717) is 5.92 Å². The summed E-state index contributed by atoms with van der Waals surface area (Å²) in [5, 5.41) is 1.06. The summed E-state index contributed by atoms with van der Waals surface area (Å²) in [5.74, 6) is 1.24. The molecule has 0 aromatic carbocycles. The van der Waals surface area contributed by atoms with Crippen LogP contribution in [0.1, 0.15) is 57.8 Å². The van der Waals surface area contributed by atoms with Crippen LogP contribution >= 0.6 is 11.5 Å². The lowest BCUT2D eigenvalue weighted by Crippen LogP contribution is -2.25. The van der Waals surface area contributed by atoms with Crippen LogP contribution in [0.3, 0.4) is 0 Å². The van der Waals surface area contributed by atoms with Gasteiger partial charge >= 0.3 is 0 Å². The molecular formula is C11H21N3S. The Bertz CT molecular complexity index is 314. The van der Waals surface area contributed by atoms with Crippen molar-refractivity contribution >= 4 is 11.5 Å². The van der Waals surface area contributed by atoms with Crippen LogP contribution in [0, 0.1) is 0 Å². The van der Waals surface area contributed by atoms with E-state index >= 15 is 0 Å². The predicted molar refractivity (Wildman–Crippen MR) is 65.3 cm³/mol. The average molecular weight is 227 g/mol. The van der Waals surface area contributed by atoms with Crippen LogP contribution in [0.15, 0.2) is 0 Å². The Morgan fingerprint density at radius 2 is 2.00 bits per heavy atom. The molecule has 15 heavy (non-hydrogen) atoms. The Hall–Kier alpha value is -0.480. The molecule has 1 rings (SSSR count). The molecule has 4 heteroatoms. The molecule has 0 spiro atoms. The van der Waals surface area contributed by atoms with E-state index in [-0.39, 0.29) is 11.5 Å². The van der Waals surface area contributed by atoms with Crippen LogP contribution < -0.4 is 5.73 Å². The highest BCUT2D eigenvalue weighted by Gasteiger charge is 2.23. The minimum atomic E-state index is 0.0325. The molecule has 0 saturated carbocycles. The van der Waals surface area contributed by atoms with E-state index in [0.717, 1.165) is 17.3 Å². The topological polar surface area (TPSA) is 51.8 Å². The maximum Gasteiger partial charge on any atom is 0.147 e. The third-order valence-electron chi connectivity index (χ3n) is 2.62. The molecule has 3 nitrogen and oxygen atoms in total. The van der Waals surface area contributed by atoms with Crippen molar-refractivity contribution in [1.82, 2.24) is 9.36 Å². The summed E-state index contributed by atoms with van der Waals surface area (Å²) in [5.41, 5.74) is 6.04. The summed E-state index contributed by atoms with van der Waals surface area (Å²) in [6.45, 7) is 10.6. The van der Waals surface area contributed by atoms with Gasteiger partial charge < -0.3 is 5.73 Å². The van der Waals surface area contributed by atoms with Gasteiger partial charge in [-0.3, -0.25) is 0 Å². The smallest absolute Gasteiger partial charge is 0.147 e. The Morgan fingerprint density at radius 1 is 1.40 bits per heavy atom. The summed E-state index contributed by atoms with van der Waals surface area (Å²) in [4.78, 5) is 4.58. The van der Waals surface area contributed by atoms with Gasteiger partial charge in [0.05, 0.1) is 0 Å². The van der Waals surface area contributed by atoms with Crippen LogP contribution in [0.5, 0.6) is 0 Å². The van der Waals surface area contributed by atoms with Gasteiger partial charge in [0, 0.05) is 17.4 Å². The molecule has 0 aliphatic rings. The number of nitrogens with zero attached hydrogens (tertiary/aromatic N) is 2. The van der Waals surface area contributed by atoms with Gasteiger partial charge in [0.1, 0.15) is 10.8 Å². The molecule has 0 saturated heterocycles. The highest BCUT2D eigenvalue weighted by atomic mass is 32.1. The summed E-state index contributed by atoms with van der Waals surface area (Å²) >= 11 is 1.49. The van der Waals surface area contributed by atoms with Crippen LogP contribution in [0.2, 0.25) is 0 Å². The van der Waals surface area contributed by atoms with Crippen molar-refractivity contribution in [3.05, 3.63) is 10.8 Å². The van der Waals surface area contributed by atoms with Gasteiger partial charge in [-0.15, -0.1) is 0 Å². The van der Waals surface area contributed by atoms with Gasteiger partial charge in [-0.05, 0) is 18.0 Å². The molecule has 0 aliphatic carbocycles. The Morgan fingerprint density at radius 3 is 2.40 bits per heavy atom. The van der Waals surface area contributed by atoms with Crippen molar-refractivity contribution in [2.75, 3.05) is 0 Å². The molecule has 2 unspecified atom stereocenters. The normalized spacial score (nSPS) is 16.4. The van der Waals surface area contributed by atoms with E-state index in [4.69, 9.17) is 5.73 Å². The SMILES string of the molecule is CCC(N)C(C)c1nc(C(C)(C)C)ns1. The zero-order valence-corrected chi connectivity index (χ0v) is 11.1.